The summed E-state index contributed by atoms with van der Waals surface area (Å²) < 4.78 is 50.0. The van der Waals surface area contributed by atoms with E-state index in [1.165, 1.54) is 4.57 Å². The lowest BCUT2D eigenvalue weighted by molar-refractivity contribution is -0.569. The van der Waals surface area contributed by atoms with Crippen LogP contribution in [-0.4, -0.2) is 85.7 Å². The molecule has 24 nitrogen and oxygen atoms in total. The number of anilines is 1. The molecule has 5 unspecified atom stereocenters. The largest absolute Gasteiger partial charge is 0.481 e. The first-order valence-corrected chi connectivity index (χ1v) is 14.1. The number of imidazole rings is 1. The molecule has 0 aromatic carbocycles. The Morgan fingerprint density at radius 1 is 1.07 bits per heavy atom. The van der Waals surface area contributed by atoms with Gasteiger partial charge in [-0.25, -0.2) is 24.1 Å². The molecule has 0 bridgehead atoms. The molecule has 0 amide bonds. The first-order chi connectivity index (χ1) is 19.5. The maximum atomic E-state index is 12.1. The molecule has 2 saturated heterocycles. The van der Waals surface area contributed by atoms with E-state index in [-0.39, 0.29) is 17.0 Å². The summed E-state index contributed by atoms with van der Waals surface area (Å²) in [4.78, 5) is 71.3. The third kappa shape index (κ3) is 5.15. The molecular formula is C16H16N8O16P2. The molecule has 5 N–H and O–H groups in total. The van der Waals surface area contributed by atoms with Crippen LogP contribution in [0.4, 0.5) is 5.82 Å². The summed E-state index contributed by atoms with van der Waals surface area (Å²) in [6.45, 7) is -1.05. The van der Waals surface area contributed by atoms with E-state index >= 15 is 0 Å². The Labute approximate surface area is 229 Å². The van der Waals surface area contributed by atoms with Crippen molar-refractivity contribution < 1.29 is 61.6 Å². The molecule has 4 heterocycles. The summed E-state index contributed by atoms with van der Waals surface area (Å²) in [5.74, 6) is -2.96. The fourth-order valence-electron chi connectivity index (χ4n) is 4.61. The number of aromatic nitrogens is 4. The fourth-order valence-corrected chi connectivity index (χ4v) is 6.21. The van der Waals surface area contributed by atoms with E-state index in [9.17, 15) is 44.4 Å². The Balaban J connectivity index is 1.58. The van der Waals surface area contributed by atoms with Crippen LogP contribution in [-0.2, 0) is 32.2 Å². The molecule has 26 heteroatoms. The average Bonchev–Trinajstić information content (AvgIpc) is 3.54. The molecule has 1 aliphatic carbocycles. The van der Waals surface area contributed by atoms with Gasteiger partial charge in [0.2, 0.25) is 0 Å². The summed E-state index contributed by atoms with van der Waals surface area (Å²) in [6, 6.07) is -2.35. The number of hydrogen-bond donors (Lipinski definition) is 4. The van der Waals surface area contributed by atoms with Crippen molar-refractivity contribution in [2.75, 3.05) is 12.3 Å². The van der Waals surface area contributed by atoms with Crippen molar-refractivity contribution in [3.63, 3.8) is 0 Å². The zero-order valence-electron chi connectivity index (χ0n) is 20.2. The number of hydrogen-bond acceptors (Lipinski definition) is 17. The highest BCUT2D eigenvalue weighted by Gasteiger charge is 2.72. The molecule has 226 valence electrons. The van der Waals surface area contributed by atoms with Gasteiger partial charge < -0.3 is 34.6 Å². The number of nitrogens with zero attached hydrogens (tertiary/aromatic N) is 7. The minimum Gasteiger partial charge on any atom is -0.382 e. The highest BCUT2D eigenvalue weighted by Crippen LogP contribution is 2.58. The maximum Gasteiger partial charge on any atom is 0.481 e. The smallest absolute Gasteiger partial charge is 0.382 e. The van der Waals surface area contributed by atoms with E-state index in [1.807, 2.05) is 0 Å². The number of allylic oxidation sites excluding steroid dienone is 1. The summed E-state index contributed by atoms with van der Waals surface area (Å²) in [6.07, 6.45) is -3.15. The zero-order chi connectivity index (χ0) is 30.8. The Morgan fingerprint density at radius 2 is 1.76 bits per heavy atom. The van der Waals surface area contributed by atoms with Crippen molar-refractivity contribution in [3.8, 4) is 0 Å². The van der Waals surface area contributed by atoms with Crippen LogP contribution in [0.3, 0.4) is 0 Å². The van der Waals surface area contributed by atoms with E-state index in [2.05, 4.69) is 23.8 Å². The number of ether oxygens (including phenoxy) is 3. The standard InChI is InChI=1S/C16H16N8O16P2/c17-13-10-14(19-4-18-13)21(5-20-10)15-12-11(7(37-15)3-36-42(34,35)40-41(31,32)33)38-16(39-12)8(23(27)28)1-6(22(25)26)2-9(16)24(29)30/h1-2,4-5,7-8,11-12,15H,3H2,(H,34,35)(H2,17,18,19)(H2,31,32,33)/t7-,8?,11?,12?,15-,16?/m1/s1. The minimum absolute atomic E-state index is 0.0186. The Bertz CT molecular complexity index is 1660. The van der Waals surface area contributed by atoms with Crippen molar-refractivity contribution in [3.05, 3.63) is 66.5 Å². The topological polar surface area (TPSA) is 340 Å². The van der Waals surface area contributed by atoms with E-state index < -0.39 is 84.8 Å². The monoisotopic (exact) mass is 638 g/mol. The summed E-state index contributed by atoms with van der Waals surface area (Å²) in [7, 11) is -11.0. The van der Waals surface area contributed by atoms with Gasteiger partial charge >= 0.3 is 33.2 Å². The molecule has 5 rings (SSSR count). The third-order valence-electron chi connectivity index (χ3n) is 6.17. The predicted octanol–water partition coefficient (Wildman–Crippen LogP) is -1.01. The quantitative estimate of drug-likeness (QED) is 0.145. The molecule has 7 atom stereocenters. The van der Waals surface area contributed by atoms with Gasteiger partial charge in [0, 0.05) is 4.92 Å². The molecule has 3 aliphatic rings. The van der Waals surface area contributed by atoms with Gasteiger partial charge in [-0.15, -0.1) is 0 Å². The normalized spacial score (nSPS) is 30.5. The van der Waals surface area contributed by atoms with Crippen LogP contribution in [0.2, 0.25) is 0 Å². The second-order valence-electron chi connectivity index (χ2n) is 8.68. The predicted molar refractivity (Wildman–Crippen MR) is 126 cm³/mol. The second-order valence-corrected chi connectivity index (χ2v) is 11.5. The van der Waals surface area contributed by atoms with Crippen LogP contribution >= 0.6 is 15.6 Å². The van der Waals surface area contributed by atoms with Crippen LogP contribution < -0.4 is 5.73 Å². The molecule has 42 heavy (non-hydrogen) atoms. The Morgan fingerprint density at radius 3 is 2.38 bits per heavy atom. The first-order valence-electron chi connectivity index (χ1n) is 11.1. The number of phosphoric acid groups is 2. The molecule has 2 fully saturated rings. The van der Waals surface area contributed by atoms with Gasteiger partial charge in [-0.3, -0.25) is 39.4 Å². The van der Waals surface area contributed by atoms with Crippen molar-refractivity contribution in [2.45, 2.75) is 36.4 Å². The van der Waals surface area contributed by atoms with Gasteiger partial charge in [0.05, 0.1) is 34.9 Å². The third-order valence-corrected chi connectivity index (χ3v) is 8.33. The van der Waals surface area contributed by atoms with Crippen molar-refractivity contribution >= 4 is 32.6 Å². The van der Waals surface area contributed by atoms with Gasteiger partial charge in [0.1, 0.15) is 30.2 Å². The van der Waals surface area contributed by atoms with Gasteiger partial charge in [-0.05, 0) is 0 Å². The zero-order valence-corrected chi connectivity index (χ0v) is 21.9. The number of nitrogen functional groups attached to an aromatic ring is 1. The molecule has 2 aromatic rings. The number of nitro groups is 3. The summed E-state index contributed by atoms with van der Waals surface area (Å²) in [5.41, 5.74) is 3.67. The van der Waals surface area contributed by atoms with Crippen molar-refractivity contribution in [2.24, 2.45) is 0 Å². The molecule has 1 spiro atoms. The maximum absolute atomic E-state index is 12.1. The van der Waals surface area contributed by atoms with Gasteiger partial charge in [-0.2, -0.15) is 4.31 Å². The van der Waals surface area contributed by atoms with Crippen LogP contribution in [0.5, 0.6) is 0 Å². The second kappa shape index (κ2) is 10.2. The Hall–Kier alpha value is -3.83. The van der Waals surface area contributed by atoms with Crippen LogP contribution in [0.15, 0.2) is 36.2 Å². The van der Waals surface area contributed by atoms with E-state index in [0.29, 0.717) is 12.2 Å². The summed E-state index contributed by atoms with van der Waals surface area (Å²) >= 11 is 0. The highest BCUT2D eigenvalue weighted by molar-refractivity contribution is 7.60. The van der Waals surface area contributed by atoms with Crippen molar-refractivity contribution in [1.29, 1.82) is 0 Å². The number of fused-ring (bicyclic) bond motifs is 2. The van der Waals surface area contributed by atoms with Crippen LogP contribution in [0, 0.1) is 30.3 Å². The average molecular weight is 638 g/mol. The lowest BCUT2D eigenvalue weighted by Crippen LogP contribution is -2.53. The molecule has 0 saturated carbocycles. The van der Waals surface area contributed by atoms with Gasteiger partial charge in [0.25, 0.3) is 5.70 Å². The summed E-state index contributed by atoms with van der Waals surface area (Å²) in [5, 5.41) is 35.4. The van der Waals surface area contributed by atoms with Crippen LogP contribution in [0.1, 0.15) is 6.23 Å². The molecule has 0 radical (unpaired) electrons. The minimum atomic E-state index is -5.53. The number of rotatable bonds is 9. The molecular weight excluding hydrogens is 622 g/mol. The lowest BCUT2D eigenvalue weighted by atomic mass is 9.96. The van der Waals surface area contributed by atoms with Crippen LogP contribution in [0.25, 0.3) is 11.2 Å². The van der Waals surface area contributed by atoms with E-state index in [1.54, 1.807) is 0 Å². The lowest BCUT2D eigenvalue weighted by Gasteiger charge is -2.30. The highest BCUT2D eigenvalue weighted by atomic mass is 31.3. The van der Waals surface area contributed by atoms with E-state index in [4.69, 9.17) is 29.7 Å². The SMILES string of the molecule is Nc1ncnc2c1ncn2[C@@H]1O[C@H](COP(=O)(O)OP(=O)(O)O)C2OC3(OC21)C([N+](=O)[O-])=CC([N+](=O)[O-])=CC3[N+](=O)[O-]. The number of phosphoric ester groups is 1. The first kappa shape index (κ1) is 29.7. The van der Waals surface area contributed by atoms with Gasteiger partial charge in [0.15, 0.2) is 17.7 Å². The number of nitrogens with two attached hydrogens (primary N) is 1. The van der Waals surface area contributed by atoms with Crippen molar-refractivity contribution in [1.82, 2.24) is 19.5 Å². The Kier molecular flexibility index (Phi) is 7.18. The molecule has 2 aromatic heterocycles. The molecule has 2 aliphatic heterocycles. The fraction of sp³-hybridized carbons (Fsp3) is 0.438. The van der Waals surface area contributed by atoms with Gasteiger partial charge in [-0.1, -0.05) is 0 Å². The van der Waals surface area contributed by atoms with E-state index in [0.717, 1.165) is 12.7 Å².